The summed E-state index contributed by atoms with van der Waals surface area (Å²) >= 11 is 12.1. The molecule has 0 saturated heterocycles. The van der Waals surface area contributed by atoms with Gasteiger partial charge in [-0.25, -0.2) is 19.3 Å². The molecule has 0 atom stereocenters. The van der Waals surface area contributed by atoms with Crippen molar-refractivity contribution in [1.29, 1.82) is 0 Å². The van der Waals surface area contributed by atoms with Crippen molar-refractivity contribution in [1.82, 2.24) is 19.4 Å². The molecule has 3 heterocycles. The standard InChI is InChI=1S/C17H10Cl2FN5/c18-12-7-10(8-13(19)23-12)15-14(9-2-1-3-11(20)6-9)24-16(21)17-22-4-5-25(15)17/h1-8H,(H2,21,24). The topological polar surface area (TPSA) is 69.1 Å². The quantitative estimate of drug-likeness (QED) is 0.525. The average Bonchev–Trinajstić information content (AvgIpc) is 3.03. The number of imidazole rings is 1. The average molecular weight is 374 g/mol. The van der Waals surface area contributed by atoms with Gasteiger partial charge >= 0.3 is 0 Å². The number of aromatic nitrogens is 4. The third kappa shape index (κ3) is 2.79. The Kier molecular flexibility index (Phi) is 3.78. The molecule has 2 N–H and O–H groups in total. The number of halogens is 3. The van der Waals surface area contributed by atoms with Gasteiger partial charge in [-0.3, -0.25) is 4.40 Å². The Morgan fingerprint density at radius 3 is 2.48 bits per heavy atom. The molecule has 0 unspecified atom stereocenters. The fourth-order valence-corrected chi connectivity index (χ4v) is 3.19. The Morgan fingerprint density at radius 2 is 1.76 bits per heavy atom. The summed E-state index contributed by atoms with van der Waals surface area (Å²) in [5.41, 5.74) is 8.88. The second-order valence-electron chi connectivity index (χ2n) is 5.33. The minimum Gasteiger partial charge on any atom is -0.381 e. The molecule has 5 nitrogen and oxygen atoms in total. The van der Waals surface area contributed by atoms with Crippen LogP contribution < -0.4 is 5.73 Å². The first-order valence-electron chi connectivity index (χ1n) is 7.25. The third-order valence-corrected chi connectivity index (χ3v) is 4.09. The van der Waals surface area contributed by atoms with Crippen LogP contribution in [0.25, 0.3) is 28.2 Å². The summed E-state index contributed by atoms with van der Waals surface area (Å²) in [5.74, 6) is -0.139. The van der Waals surface area contributed by atoms with Crippen LogP contribution in [0.2, 0.25) is 10.3 Å². The lowest BCUT2D eigenvalue weighted by atomic mass is 10.0. The van der Waals surface area contributed by atoms with E-state index in [2.05, 4.69) is 15.0 Å². The zero-order chi connectivity index (χ0) is 17.6. The number of pyridine rings is 1. The van der Waals surface area contributed by atoms with E-state index >= 15 is 0 Å². The molecule has 0 aliphatic heterocycles. The lowest BCUT2D eigenvalue weighted by Gasteiger charge is -2.14. The molecule has 4 aromatic rings. The van der Waals surface area contributed by atoms with Crippen molar-refractivity contribution < 1.29 is 4.39 Å². The first-order valence-corrected chi connectivity index (χ1v) is 8.00. The van der Waals surface area contributed by atoms with Crippen LogP contribution >= 0.6 is 23.2 Å². The lowest BCUT2D eigenvalue weighted by Crippen LogP contribution is -2.04. The molecule has 0 spiro atoms. The minimum absolute atomic E-state index is 0.234. The van der Waals surface area contributed by atoms with Crippen molar-refractivity contribution in [2.75, 3.05) is 5.73 Å². The SMILES string of the molecule is Nc1nc(-c2cccc(F)c2)c(-c2cc(Cl)nc(Cl)c2)n2ccnc12. The number of rotatable bonds is 2. The predicted octanol–water partition coefficient (Wildman–Crippen LogP) is 4.49. The van der Waals surface area contributed by atoms with E-state index in [-0.39, 0.29) is 21.9 Å². The van der Waals surface area contributed by atoms with E-state index in [1.807, 2.05) is 0 Å². The molecular formula is C17H10Cl2FN5. The van der Waals surface area contributed by atoms with E-state index in [4.69, 9.17) is 28.9 Å². The van der Waals surface area contributed by atoms with Gasteiger partial charge in [0, 0.05) is 23.5 Å². The second kappa shape index (κ2) is 5.98. The van der Waals surface area contributed by atoms with Crippen LogP contribution in [-0.4, -0.2) is 19.4 Å². The molecule has 3 aromatic heterocycles. The maximum Gasteiger partial charge on any atom is 0.180 e. The highest BCUT2D eigenvalue weighted by atomic mass is 35.5. The molecule has 124 valence electrons. The van der Waals surface area contributed by atoms with E-state index in [1.54, 1.807) is 41.1 Å². The Bertz CT molecular complexity index is 1090. The van der Waals surface area contributed by atoms with E-state index < -0.39 is 0 Å². The summed E-state index contributed by atoms with van der Waals surface area (Å²) in [6, 6.07) is 9.42. The summed E-state index contributed by atoms with van der Waals surface area (Å²) in [7, 11) is 0. The molecule has 25 heavy (non-hydrogen) atoms. The zero-order valence-corrected chi connectivity index (χ0v) is 14.1. The molecule has 0 aliphatic rings. The number of nitrogens with zero attached hydrogens (tertiary/aromatic N) is 4. The summed E-state index contributed by atoms with van der Waals surface area (Å²) in [6.07, 6.45) is 3.35. The van der Waals surface area contributed by atoms with Gasteiger partial charge in [0.1, 0.15) is 16.1 Å². The number of hydrogen-bond acceptors (Lipinski definition) is 4. The lowest BCUT2D eigenvalue weighted by molar-refractivity contribution is 0.628. The monoisotopic (exact) mass is 373 g/mol. The van der Waals surface area contributed by atoms with Gasteiger partial charge in [-0.2, -0.15) is 0 Å². The molecule has 0 radical (unpaired) electrons. The van der Waals surface area contributed by atoms with Crippen LogP contribution in [0.3, 0.4) is 0 Å². The molecule has 0 bridgehead atoms. The second-order valence-corrected chi connectivity index (χ2v) is 6.10. The summed E-state index contributed by atoms with van der Waals surface area (Å²) < 4.78 is 15.5. The molecule has 0 amide bonds. The Morgan fingerprint density at radius 1 is 1.00 bits per heavy atom. The maximum atomic E-state index is 13.7. The van der Waals surface area contributed by atoms with E-state index in [0.29, 0.717) is 28.2 Å². The molecule has 8 heteroatoms. The number of fused-ring (bicyclic) bond motifs is 1. The van der Waals surface area contributed by atoms with Crippen LogP contribution in [0.15, 0.2) is 48.8 Å². The van der Waals surface area contributed by atoms with Crippen LogP contribution in [-0.2, 0) is 0 Å². The first-order chi connectivity index (χ1) is 12.0. The van der Waals surface area contributed by atoms with E-state index in [9.17, 15) is 4.39 Å². The van der Waals surface area contributed by atoms with Gasteiger partial charge in [0.25, 0.3) is 0 Å². The minimum atomic E-state index is -0.375. The summed E-state index contributed by atoms with van der Waals surface area (Å²) in [4.78, 5) is 12.6. The third-order valence-electron chi connectivity index (χ3n) is 3.70. The van der Waals surface area contributed by atoms with Crippen molar-refractivity contribution >= 4 is 34.7 Å². The highest BCUT2D eigenvalue weighted by molar-refractivity contribution is 6.32. The Labute approximate surface area is 151 Å². The van der Waals surface area contributed by atoms with Gasteiger partial charge in [0.05, 0.1) is 11.4 Å². The molecule has 1 aromatic carbocycles. The fourth-order valence-electron chi connectivity index (χ4n) is 2.73. The molecule has 0 fully saturated rings. The molecular weight excluding hydrogens is 364 g/mol. The number of benzene rings is 1. The fraction of sp³-hybridized carbons (Fsp3) is 0. The smallest absolute Gasteiger partial charge is 0.180 e. The van der Waals surface area contributed by atoms with E-state index in [0.717, 1.165) is 0 Å². The number of nitrogen functional groups attached to an aromatic ring is 1. The van der Waals surface area contributed by atoms with Crippen LogP contribution in [0, 0.1) is 5.82 Å². The van der Waals surface area contributed by atoms with Crippen molar-refractivity contribution in [2.45, 2.75) is 0 Å². The van der Waals surface area contributed by atoms with Gasteiger partial charge in [-0.1, -0.05) is 35.3 Å². The molecule has 4 rings (SSSR count). The van der Waals surface area contributed by atoms with Gasteiger partial charge in [0.2, 0.25) is 0 Å². The van der Waals surface area contributed by atoms with E-state index in [1.165, 1.54) is 12.1 Å². The number of hydrogen-bond donors (Lipinski definition) is 1. The number of anilines is 1. The summed E-state index contributed by atoms with van der Waals surface area (Å²) in [6.45, 7) is 0. The van der Waals surface area contributed by atoms with Crippen LogP contribution in [0.4, 0.5) is 10.2 Å². The Balaban J connectivity index is 2.12. The Hall–Kier alpha value is -2.70. The van der Waals surface area contributed by atoms with Crippen molar-refractivity contribution in [3.63, 3.8) is 0 Å². The predicted molar refractivity (Wildman–Crippen MR) is 96.0 cm³/mol. The van der Waals surface area contributed by atoms with Crippen molar-refractivity contribution in [3.8, 4) is 22.5 Å². The zero-order valence-electron chi connectivity index (χ0n) is 12.6. The van der Waals surface area contributed by atoms with Gasteiger partial charge < -0.3 is 5.73 Å². The largest absolute Gasteiger partial charge is 0.381 e. The number of nitrogens with two attached hydrogens (primary N) is 1. The van der Waals surface area contributed by atoms with Gasteiger partial charge in [0.15, 0.2) is 11.5 Å². The maximum absolute atomic E-state index is 13.7. The van der Waals surface area contributed by atoms with Gasteiger partial charge in [-0.15, -0.1) is 0 Å². The van der Waals surface area contributed by atoms with Crippen molar-refractivity contribution in [2.24, 2.45) is 0 Å². The first kappa shape index (κ1) is 15.8. The highest BCUT2D eigenvalue weighted by Gasteiger charge is 2.18. The van der Waals surface area contributed by atoms with Crippen molar-refractivity contribution in [3.05, 3.63) is 64.9 Å². The molecule has 0 saturated carbocycles. The van der Waals surface area contributed by atoms with Crippen LogP contribution in [0.5, 0.6) is 0 Å². The summed E-state index contributed by atoms with van der Waals surface area (Å²) in [5, 5.41) is 0.468. The van der Waals surface area contributed by atoms with Crippen LogP contribution in [0.1, 0.15) is 0 Å². The highest BCUT2D eigenvalue weighted by Crippen LogP contribution is 2.34. The molecule has 0 aliphatic carbocycles. The van der Waals surface area contributed by atoms with Gasteiger partial charge in [-0.05, 0) is 24.3 Å². The normalized spacial score (nSPS) is 11.2.